The van der Waals surface area contributed by atoms with Crippen molar-refractivity contribution in [2.45, 2.75) is 58.0 Å². The van der Waals surface area contributed by atoms with Gasteiger partial charge in [-0.05, 0) is 38.5 Å². The molecule has 1 aliphatic rings. The van der Waals surface area contributed by atoms with Crippen molar-refractivity contribution in [1.82, 2.24) is 4.90 Å². The predicted octanol–water partition coefficient (Wildman–Crippen LogP) is 2.25. The molecule has 3 atom stereocenters. The highest BCUT2D eigenvalue weighted by Crippen LogP contribution is 2.39. The number of nitrogens with zero attached hydrogens (tertiary/aromatic N) is 1. The largest absolute Gasteiger partial charge is 0.383 e. The van der Waals surface area contributed by atoms with Gasteiger partial charge in [0.05, 0.1) is 6.61 Å². The lowest BCUT2D eigenvalue weighted by molar-refractivity contribution is 0.0285. The van der Waals surface area contributed by atoms with Crippen LogP contribution >= 0.6 is 0 Å². The van der Waals surface area contributed by atoms with Crippen molar-refractivity contribution in [3.8, 4) is 0 Å². The van der Waals surface area contributed by atoms with Crippen LogP contribution in [0.15, 0.2) is 0 Å². The number of hydrogen-bond donors (Lipinski definition) is 1. The van der Waals surface area contributed by atoms with Gasteiger partial charge in [-0.3, -0.25) is 4.90 Å². The molecular formula is C14H30N2O. The smallest absolute Gasteiger partial charge is 0.0590 e. The fourth-order valence-corrected chi connectivity index (χ4v) is 3.27. The first-order valence-corrected chi connectivity index (χ1v) is 7.05. The predicted molar refractivity (Wildman–Crippen MR) is 73.1 cm³/mol. The van der Waals surface area contributed by atoms with Gasteiger partial charge in [-0.1, -0.05) is 13.8 Å². The third-order valence-electron chi connectivity index (χ3n) is 4.48. The summed E-state index contributed by atoms with van der Waals surface area (Å²) in [5, 5.41) is 0. The van der Waals surface area contributed by atoms with Crippen molar-refractivity contribution in [1.29, 1.82) is 0 Å². The van der Waals surface area contributed by atoms with Crippen molar-refractivity contribution < 1.29 is 4.74 Å². The van der Waals surface area contributed by atoms with Gasteiger partial charge < -0.3 is 10.5 Å². The van der Waals surface area contributed by atoms with E-state index in [4.69, 9.17) is 10.5 Å². The van der Waals surface area contributed by atoms with Crippen LogP contribution in [0.5, 0.6) is 0 Å². The summed E-state index contributed by atoms with van der Waals surface area (Å²) in [6, 6.07) is 0.596. The third-order valence-corrected chi connectivity index (χ3v) is 4.48. The van der Waals surface area contributed by atoms with Crippen LogP contribution < -0.4 is 5.73 Å². The molecule has 0 saturated heterocycles. The fraction of sp³-hybridized carbons (Fsp3) is 1.00. The summed E-state index contributed by atoms with van der Waals surface area (Å²) >= 11 is 0. The zero-order valence-electron chi connectivity index (χ0n) is 12.0. The first-order valence-electron chi connectivity index (χ1n) is 7.05. The van der Waals surface area contributed by atoms with Gasteiger partial charge in [0.15, 0.2) is 0 Å². The van der Waals surface area contributed by atoms with E-state index < -0.39 is 0 Å². The maximum absolute atomic E-state index is 6.11. The Hall–Kier alpha value is -0.120. The van der Waals surface area contributed by atoms with Gasteiger partial charge in [0, 0.05) is 31.8 Å². The van der Waals surface area contributed by atoms with Crippen molar-refractivity contribution >= 4 is 0 Å². The normalized spacial score (nSPS) is 31.1. The second kappa shape index (κ2) is 6.72. The molecule has 0 radical (unpaired) electrons. The molecular weight excluding hydrogens is 212 g/mol. The fourth-order valence-electron chi connectivity index (χ4n) is 3.27. The van der Waals surface area contributed by atoms with E-state index in [2.05, 4.69) is 25.7 Å². The zero-order chi connectivity index (χ0) is 12.9. The van der Waals surface area contributed by atoms with Crippen molar-refractivity contribution in [3.63, 3.8) is 0 Å². The van der Waals surface area contributed by atoms with E-state index in [0.717, 1.165) is 25.6 Å². The van der Waals surface area contributed by atoms with Crippen molar-refractivity contribution in [3.05, 3.63) is 0 Å². The second-order valence-corrected chi connectivity index (χ2v) is 5.72. The molecule has 2 N–H and O–H groups in total. The summed E-state index contributed by atoms with van der Waals surface area (Å²) in [6.07, 6.45) is 4.99. The molecule has 1 saturated carbocycles. The van der Waals surface area contributed by atoms with Gasteiger partial charge in [-0.25, -0.2) is 0 Å². The van der Waals surface area contributed by atoms with Crippen LogP contribution in [0.25, 0.3) is 0 Å². The van der Waals surface area contributed by atoms with Gasteiger partial charge in [0.2, 0.25) is 0 Å². The van der Waals surface area contributed by atoms with Crippen LogP contribution in [0.3, 0.4) is 0 Å². The van der Waals surface area contributed by atoms with E-state index in [1.165, 1.54) is 25.7 Å². The molecule has 0 aliphatic heterocycles. The highest BCUT2D eigenvalue weighted by atomic mass is 16.5. The highest BCUT2D eigenvalue weighted by Gasteiger charge is 2.42. The lowest BCUT2D eigenvalue weighted by Gasteiger charge is -2.44. The minimum atomic E-state index is 0.230. The minimum absolute atomic E-state index is 0.230. The van der Waals surface area contributed by atoms with Crippen LogP contribution in [0.1, 0.15) is 46.5 Å². The SMILES string of the molecule is CCC(C)N(CCOC)C1(CN)CCC(C)C1. The number of nitrogens with two attached hydrogens (primary N) is 1. The number of rotatable bonds is 7. The van der Waals surface area contributed by atoms with Gasteiger partial charge in [0.1, 0.15) is 0 Å². The van der Waals surface area contributed by atoms with E-state index in [1.54, 1.807) is 7.11 Å². The van der Waals surface area contributed by atoms with Crippen LogP contribution in [0.2, 0.25) is 0 Å². The summed E-state index contributed by atoms with van der Waals surface area (Å²) in [4.78, 5) is 2.61. The molecule has 3 unspecified atom stereocenters. The summed E-state index contributed by atoms with van der Waals surface area (Å²) in [5.41, 5.74) is 6.34. The molecule has 0 amide bonds. The molecule has 102 valence electrons. The molecule has 3 nitrogen and oxygen atoms in total. The van der Waals surface area contributed by atoms with E-state index >= 15 is 0 Å². The molecule has 0 spiro atoms. The Morgan fingerprint density at radius 2 is 2.24 bits per heavy atom. The van der Waals surface area contributed by atoms with Crippen molar-refractivity contribution in [2.24, 2.45) is 11.7 Å². The van der Waals surface area contributed by atoms with E-state index in [-0.39, 0.29) is 5.54 Å². The first-order chi connectivity index (χ1) is 8.09. The maximum Gasteiger partial charge on any atom is 0.0590 e. The molecule has 0 bridgehead atoms. The monoisotopic (exact) mass is 242 g/mol. The Kier molecular flexibility index (Phi) is 5.90. The molecule has 0 heterocycles. The van der Waals surface area contributed by atoms with E-state index in [1.807, 2.05) is 0 Å². The van der Waals surface area contributed by atoms with E-state index in [9.17, 15) is 0 Å². The Morgan fingerprint density at radius 3 is 2.65 bits per heavy atom. The summed E-state index contributed by atoms with van der Waals surface area (Å²) in [7, 11) is 1.78. The van der Waals surface area contributed by atoms with E-state index in [0.29, 0.717) is 6.04 Å². The lowest BCUT2D eigenvalue weighted by Crippen LogP contribution is -2.56. The molecule has 1 fully saturated rings. The van der Waals surface area contributed by atoms with Gasteiger partial charge in [-0.15, -0.1) is 0 Å². The number of methoxy groups -OCH3 is 1. The van der Waals surface area contributed by atoms with Crippen molar-refractivity contribution in [2.75, 3.05) is 26.8 Å². The Bertz CT molecular complexity index is 222. The highest BCUT2D eigenvalue weighted by molar-refractivity contribution is 4.99. The van der Waals surface area contributed by atoms with Crippen LogP contribution in [0.4, 0.5) is 0 Å². The third kappa shape index (κ3) is 3.43. The lowest BCUT2D eigenvalue weighted by atomic mass is 9.91. The summed E-state index contributed by atoms with van der Waals surface area (Å²) in [6.45, 7) is 9.52. The zero-order valence-corrected chi connectivity index (χ0v) is 12.0. The number of hydrogen-bond acceptors (Lipinski definition) is 3. The van der Waals surface area contributed by atoms with Gasteiger partial charge >= 0.3 is 0 Å². The molecule has 17 heavy (non-hydrogen) atoms. The molecule has 0 aromatic heterocycles. The standard InChI is InChI=1S/C14H30N2O/c1-5-13(3)16(8-9-17-4)14(11-15)7-6-12(2)10-14/h12-13H,5-11,15H2,1-4H3. The second-order valence-electron chi connectivity index (χ2n) is 5.72. The molecule has 1 rings (SSSR count). The minimum Gasteiger partial charge on any atom is -0.383 e. The average Bonchev–Trinajstić information content (AvgIpc) is 2.72. The average molecular weight is 242 g/mol. The van der Waals surface area contributed by atoms with Crippen LogP contribution in [-0.4, -0.2) is 43.3 Å². The molecule has 1 aliphatic carbocycles. The quantitative estimate of drug-likeness (QED) is 0.744. The molecule has 0 aromatic carbocycles. The van der Waals surface area contributed by atoms with Crippen LogP contribution in [0, 0.1) is 5.92 Å². The van der Waals surface area contributed by atoms with Gasteiger partial charge in [0.25, 0.3) is 0 Å². The first kappa shape index (κ1) is 14.9. The summed E-state index contributed by atoms with van der Waals surface area (Å²) < 4.78 is 5.26. The Balaban J connectivity index is 2.78. The topological polar surface area (TPSA) is 38.5 Å². The molecule has 0 aromatic rings. The molecule has 3 heteroatoms. The summed E-state index contributed by atoms with van der Waals surface area (Å²) in [5.74, 6) is 0.813. The van der Waals surface area contributed by atoms with Gasteiger partial charge in [-0.2, -0.15) is 0 Å². The maximum atomic E-state index is 6.11. The Morgan fingerprint density at radius 1 is 1.53 bits per heavy atom. The Labute approximate surface area is 107 Å². The van der Waals surface area contributed by atoms with Crippen LogP contribution in [-0.2, 0) is 4.74 Å². The number of ether oxygens (including phenoxy) is 1.